The van der Waals surface area contributed by atoms with Crippen LogP contribution >= 0.6 is 0 Å². The molecular weight excluding hydrogens is 174 g/mol. The normalized spacial score (nSPS) is 24.4. The summed E-state index contributed by atoms with van der Waals surface area (Å²) in [5.41, 5.74) is 0.453. The summed E-state index contributed by atoms with van der Waals surface area (Å²) in [6.45, 7) is 10.9. The van der Waals surface area contributed by atoms with E-state index in [9.17, 15) is 0 Å². The van der Waals surface area contributed by atoms with Crippen molar-refractivity contribution >= 4 is 0 Å². The summed E-state index contributed by atoms with van der Waals surface area (Å²) in [6.07, 6.45) is 3.55. The van der Waals surface area contributed by atoms with E-state index in [2.05, 4.69) is 25.7 Å². The molecule has 0 aromatic carbocycles. The van der Waals surface area contributed by atoms with Crippen molar-refractivity contribution in [3.05, 3.63) is 0 Å². The van der Waals surface area contributed by atoms with Crippen molar-refractivity contribution in [1.29, 1.82) is 0 Å². The summed E-state index contributed by atoms with van der Waals surface area (Å²) in [4.78, 5) is 2.55. The fourth-order valence-corrected chi connectivity index (χ4v) is 2.03. The zero-order valence-electron chi connectivity index (χ0n) is 9.92. The van der Waals surface area contributed by atoms with E-state index in [0.29, 0.717) is 12.0 Å². The maximum absolute atomic E-state index is 8.85. The lowest BCUT2D eigenvalue weighted by atomic mass is 9.92. The van der Waals surface area contributed by atoms with E-state index in [1.165, 1.54) is 32.5 Å². The van der Waals surface area contributed by atoms with Gasteiger partial charge in [0.25, 0.3) is 0 Å². The maximum atomic E-state index is 8.85. The van der Waals surface area contributed by atoms with E-state index in [-0.39, 0.29) is 0 Å². The molecule has 2 heteroatoms. The van der Waals surface area contributed by atoms with Crippen molar-refractivity contribution < 1.29 is 5.11 Å². The zero-order chi connectivity index (χ0) is 10.6. The summed E-state index contributed by atoms with van der Waals surface area (Å²) in [6, 6.07) is 0. The summed E-state index contributed by atoms with van der Waals surface area (Å²) >= 11 is 0. The monoisotopic (exact) mass is 199 g/mol. The predicted molar refractivity (Wildman–Crippen MR) is 60.3 cm³/mol. The first-order valence-corrected chi connectivity index (χ1v) is 5.84. The quantitative estimate of drug-likeness (QED) is 0.749. The van der Waals surface area contributed by atoms with Gasteiger partial charge >= 0.3 is 0 Å². The number of likely N-dealkylation sites (tertiary alicyclic amines) is 1. The van der Waals surface area contributed by atoms with E-state index in [1.807, 2.05) is 0 Å². The Bertz CT molecular complexity index is 162. The summed E-state index contributed by atoms with van der Waals surface area (Å²) in [5.74, 6) is 0.750. The fourth-order valence-electron chi connectivity index (χ4n) is 2.03. The van der Waals surface area contributed by atoms with E-state index in [1.54, 1.807) is 0 Å². The molecule has 0 saturated carbocycles. The first-order chi connectivity index (χ1) is 6.51. The van der Waals surface area contributed by atoms with Gasteiger partial charge in [-0.3, -0.25) is 0 Å². The molecule has 1 unspecified atom stereocenters. The van der Waals surface area contributed by atoms with Crippen LogP contribution in [0.2, 0.25) is 0 Å². The summed E-state index contributed by atoms with van der Waals surface area (Å²) in [7, 11) is 0. The third-order valence-corrected chi connectivity index (χ3v) is 3.09. The molecule has 1 fully saturated rings. The Morgan fingerprint density at radius 1 is 1.36 bits per heavy atom. The van der Waals surface area contributed by atoms with Crippen molar-refractivity contribution in [2.24, 2.45) is 11.3 Å². The van der Waals surface area contributed by atoms with Gasteiger partial charge in [0, 0.05) is 13.2 Å². The van der Waals surface area contributed by atoms with Crippen molar-refractivity contribution in [3.63, 3.8) is 0 Å². The van der Waals surface area contributed by atoms with Crippen LogP contribution in [0.4, 0.5) is 0 Å². The summed E-state index contributed by atoms with van der Waals surface area (Å²) < 4.78 is 0. The fraction of sp³-hybridized carbons (Fsp3) is 1.00. The van der Waals surface area contributed by atoms with E-state index in [4.69, 9.17) is 5.11 Å². The molecule has 84 valence electrons. The molecule has 1 atom stereocenters. The molecule has 0 aromatic heterocycles. The molecule has 0 spiro atoms. The Morgan fingerprint density at radius 3 is 2.64 bits per heavy atom. The molecule has 0 aliphatic carbocycles. The van der Waals surface area contributed by atoms with Gasteiger partial charge in [-0.2, -0.15) is 0 Å². The Labute approximate surface area is 88.3 Å². The van der Waals surface area contributed by atoms with Crippen LogP contribution in [-0.2, 0) is 0 Å². The van der Waals surface area contributed by atoms with Crippen molar-refractivity contribution in [3.8, 4) is 0 Å². The molecule has 1 heterocycles. The maximum Gasteiger partial charge on any atom is 0.0434 e. The molecule has 0 bridgehead atoms. The molecule has 1 aliphatic heterocycles. The van der Waals surface area contributed by atoms with Gasteiger partial charge in [0.2, 0.25) is 0 Å². The SMILES string of the molecule is CC(C)(C)CCN1CCC(CCO)C1. The van der Waals surface area contributed by atoms with E-state index >= 15 is 0 Å². The van der Waals surface area contributed by atoms with Crippen LogP contribution in [0.5, 0.6) is 0 Å². The van der Waals surface area contributed by atoms with Gasteiger partial charge in [0.15, 0.2) is 0 Å². The Morgan fingerprint density at radius 2 is 2.07 bits per heavy atom. The molecular formula is C12H25NO. The van der Waals surface area contributed by atoms with Gasteiger partial charge in [0.05, 0.1) is 0 Å². The molecule has 0 aromatic rings. The highest BCUT2D eigenvalue weighted by Crippen LogP contribution is 2.23. The third kappa shape index (κ3) is 4.43. The number of aliphatic hydroxyl groups excluding tert-OH is 1. The minimum absolute atomic E-state index is 0.359. The topological polar surface area (TPSA) is 23.5 Å². The smallest absolute Gasteiger partial charge is 0.0434 e. The highest BCUT2D eigenvalue weighted by molar-refractivity contribution is 4.76. The number of hydrogen-bond acceptors (Lipinski definition) is 2. The second kappa shape index (κ2) is 5.13. The van der Waals surface area contributed by atoms with Gasteiger partial charge in [-0.25, -0.2) is 0 Å². The minimum atomic E-state index is 0.359. The van der Waals surface area contributed by atoms with Crippen molar-refractivity contribution in [2.75, 3.05) is 26.2 Å². The zero-order valence-corrected chi connectivity index (χ0v) is 9.92. The highest BCUT2D eigenvalue weighted by Gasteiger charge is 2.22. The number of hydrogen-bond donors (Lipinski definition) is 1. The second-order valence-electron chi connectivity index (χ2n) is 5.78. The Balaban J connectivity index is 2.16. The van der Waals surface area contributed by atoms with Crippen molar-refractivity contribution in [2.45, 2.75) is 40.0 Å². The van der Waals surface area contributed by atoms with Gasteiger partial charge in [0.1, 0.15) is 0 Å². The lowest BCUT2D eigenvalue weighted by Crippen LogP contribution is -2.25. The molecule has 1 saturated heterocycles. The Hall–Kier alpha value is -0.0800. The molecule has 1 rings (SSSR count). The molecule has 0 amide bonds. The lowest BCUT2D eigenvalue weighted by molar-refractivity contribution is 0.236. The van der Waals surface area contributed by atoms with Crippen LogP contribution in [0, 0.1) is 11.3 Å². The highest BCUT2D eigenvalue weighted by atomic mass is 16.3. The van der Waals surface area contributed by atoms with Gasteiger partial charge in [-0.15, -0.1) is 0 Å². The van der Waals surface area contributed by atoms with Crippen LogP contribution in [0.25, 0.3) is 0 Å². The first-order valence-electron chi connectivity index (χ1n) is 5.84. The third-order valence-electron chi connectivity index (χ3n) is 3.09. The van der Waals surface area contributed by atoms with E-state index < -0.39 is 0 Å². The number of rotatable bonds is 4. The van der Waals surface area contributed by atoms with Crippen LogP contribution in [0.3, 0.4) is 0 Å². The number of aliphatic hydroxyl groups is 1. The summed E-state index contributed by atoms with van der Waals surface area (Å²) in [5, 5.41) is 8.85. The molecule has 14 heavy (non-hydrogen) atoms. The van der Waals surface area contributed by atoms with Crippen LogP contribution < -0.4 is 0 Å². The molecule has 2 nitrogen and oxygen atoms in total. The van der Waals surface area contributed by atoms with Crippen molar-refractivity contribution in [1.82, 2.24) is 4.90 Å². The molecule has 1 aliphatic rings. The second-order valence-corrected chi connectivity index (χ2v) is 5.78. The standard InChI is InChI=1S/C12H25NO/c1-12(2,3)6-8-13-7-4-11(10-13)5-9-14/h11,14H,4-10H2,1-3H3. The average Bonchev–Trinajstić information content (AvgIpc) is 2.49. The van der Waals surface area contributed by atoms with E-state index in [0.717, 1.165) is 12.3 Å². The van der Waals surface area contributed by atoms with Crippen LogP contribution in [0.15, 0.2) is 0 Å². The van der Waals surface area contributed by atoms with Crippen LogP contribution in [-0.4, -0.2) is 36.2 Å². The number of nitrogens with zero attached hydrogens (tertiary/aromatic N) is 1. The predicted octanol–water partition coefficient (Wildman–Crippen LogP) is 2.13. The van der Waals surface area contributed by atoms with Crippen LogP contribution in [0.1, 0.15) is 40.0 Å². The molecule has 0 radical (unpaired) electrons. The minimum Gasteiger partial charge on any atom is -0.396 e. The average molecular weight is 199 g/mol. The Kier molecular flexibility index (Phi) is 4.39. The largest absolute Gasteiger partial charge is 0.396 e. The van der Waals surface area contributed by atoms with Gasteiger partial charge in [-0.05, 0) is 43.7 Å². The first kappa shape index (κ1) is 12.0. The lowest BCUT2D eigenvalue weighted by Gasteiger charge is -2.23. The molecule has 1 N–H and O–H groups in total. The van der Waals surface area contributed by atoms with Gasteiger partial charge in [-0.1, -0.05) is 20.8 Å². The van der Waals surface area contributed by atoms with Gasteiger partial charge < -0.3 is 10.0 Å².